The summed E-state index contributed by atoms with van der Waals surface area (Å²) in [5.41, 5.74) is 5.73. The lowest BCUT2D eigenvalue weighted by Gasteiger charge is -2.43. The summed E-state index contributed by atoms with van der Waals surface area (Å²) >= 11 is 6.14. The van der Waals surface area contributed by atoms with Gasteiger partial charge in [0.05, 0.1) is 29.5 Å². The number of urea groups is 1. The van der Waals surface area contributed by atoms with Gasteiger partial charge in [0, 0.05) is 103 Å². The maximum Gasteiger partial charge on any atom is 0.418 e. The fourth-order valence-electron chi connectivity index (χ4n) is 8.94. The average Bonchev–Trinajstić information content (AvgIpc) is 3.44. The Kier molecular flexibility index (Phi) is 14.7. The lowest BCUT2D eigenvalue weighted by Crippen LogP contribution is -2.56. The van der Waals surface area contributed by atoms with E-state index in [2.05, 4.69) is 15.1 Å². The second-order valence-corrected chi connectivity index (χ2v) is 16.7. The highest BCUT2D eigenvalue weighted by Crippen LogP contribution is 2.38. The Morgan fingerprint density at radius 3 is 2.21 bits per heavy atom. The van der Waals surface area contributed by atoms with Gasteiger partial charge in [-0.05, 0) is 61.4 Å². The molecule has 2 aromatic rings. The van der Waals surface area contributed by atoms with Crippen LogP contribution in [0, 0.1) is 0 Å². The fraction of sp³-hybridized carbons (Fsp3) is 0.595. The molecule has 5 aliphatic heterocycles. The van der Waals surface area contributed by atoms with E-state index in [1.54, 1.807) is 9.80 Å². The van der Waals surface area contributed by atoms with Crippen molar-refractivity contribution in [3.05, 3.63) is 58.1 Å². The van der Waals surface area contributed by atoms with Gasteiger partial charge in [-0.2, -0.15) is 13.2 Å². The third kappa shape index (κ3) is 11.0. The number of nitrogen functional groups attached to an aromatic ring is 1. The number of piperazine rings is 1. The predicted octanol–water partition coefficient (Wildman–Crippen LogP) is 3.55. The average molecular weight is 891 g/mol. The SMILES string of the molecule is Nc1c(Cl)cc(C[C@@H](OC(=O)N2CCC(N3CCc4ccccc4NC3=O)CC2)C(=O)N2CCC(N3CCN(C(=O)C(=O)OCCN4CCOCC4)CC3)CC2)cc1C(F)(F)F. The van der Waals surface area contributed by atoms with E-state index in [1.807, 2.05) is 24.3 Å². The molecule has 20 heteroatoms. The molecule has 5 heterocycles. The van der Waals surface area contributed by atoms with Gasteiger partial charge in [-0.1, -0.05) is 29.8 Å². The van der Waals surface area contributed by atoms with Crippen molar-refractivity contribution in [3.63, 3.8) is 0 Å². The maximum absolute atomic E-state index is 14.2. The second kappa shape index (κ2) is 20.1. The van der Waals surface area contributed by atoms with Gasteiger partial charge in [-0.15, -0.1) is 0 Å². The molecule has 0 bridgehead atoms. The number of piperidine rings is 2. The molecule has 0 unspecified atom stereocenters. The van der Waals surface area contributed by atoms with E-state index in [0.717, 1.165) is 30.4 Å². The lowest BCUT2D eigenvalue weighted by atomic mass is 9.99. The largest absolute Gasteiger partial charge is 0.457 e. The number of rotatable bonds is 9. The van der Waals surface area contributed by atoms with Crippen molar-refractivity contribution < 1.29 is 51.4 Å². The molecule has 16 nitrogen and oxygen atoms in total. The summed E-state index contributed by atoms with van der Waals surface area (Å²) in [6.45, 7) is 6.74. The molecule has 338 valence electrons. The summed E-state index contributed by atoms with van der Waals surface area (Å²) in [7, 11) is 0. The minimum absolute atomic E-state index is 0.0258. The summed E-state index contributed by atoms with van der Waals surface area (Å²) in [6, 6.07) is 9.43. The second-order valence-electron chi connectivity index (χ2n) is 16.3. The number of carbonyl (C=O) groups excluding carboxylic acids is 5. The minimum atomic E-state index is -4.82. The quantitative estimate of drug-likeness (QED) is 0.215. The van der Waals surface area contributed by atoms with Crippen molar-refractivity contribution in [2.75, 3.05) is 109 Å². The first-order valence-corrected chi connectivity index (χ1v) is 21.7. The van der Waals surface area contributed by atoms with Gasteiger partial charge in [0.25, 0.3) is 5.91 Å². The van der Waals surface area contributed by atoms with Gasteiger partial charge in [0.15, 0.2) is 6.10 Å². The number of para-hydroxylation sites is 1. The molecule has 1 atom stereocenters. The summed E-state index contributed by atoms with van der Waals surface area (Å²) < 4.78 is 58.3. The number of fused-ring (bicyclic) bond motifs is 1. The van der Waals surface area contributed by atoms with Crippen LogP contribution < -0.4 is 11.1 Å². The predicted molar refractivity (Wildman–Crippen MR) is 221 cm³/mol. The number of hydrogen-bond donors (Lipinski definition) is 2. The molecule has 7 rings (SSSR count). The Morgan fingerprint density at radius 1 is 0.855 bits per heavy atom. The van der Waals surface area contributed by atoms with E-state index in [-0.39, 0.29) is 54.8 Å². The fourth-order valence-corrected chi connectivity index (χ4v) is 9.18. The van der Waals surface area contributed by atoms with Crippen molar-refractivity contribution in [1.29, 1.82) is 0 Å². The first-order chi connectivity index (χ1) is 29.7. The van der Waals surface area contributed by atoms with Crippen molar-refractivity contribution in [3.8, 4) is 0 Å². The van der Waals surface area contributed by atoms with Crippen LogP contribution >= 0.6 is 11.6 Å². The van der Waals surface area contributed by atoms with Gasteiger partial charge in [0.2, 0.25) is 0 Å². The number of esters is 1. The van der Waals surface area contributed by atoms with Crippen LogP contribution in [0.2, 0.25) is 5.02 Å². The normalized spacial score (nSPS) is 20.5. The molecule has 3 N–H and O–H groups in total. The summed E-state index contributed by atoms with van der Waals surface area (Å²) in [6.07, 6.45) is -4.68. The van der Waals surface area contributed by atoms with Crippen LogP contribution in [0.15, 0.2) is 36.4 Å². The van der Waals surface area contributed by atoms with E-state index in [0.29, 0.717) is 97.7 Å². The number of amides is 5. The molecule has 4 saturated heterocycles. The summed E-state index contributed by atoms with van der Waals surface area (Å²) in [4.78, 5) is 77.0. The zero-order valence-electron chi connectivity index (χ0n) is 34.6. The van der Waals surface area contributed by atoms with Crippen LogP contribution in [0.3, 0.4) is 0 Å². The standard InChI is InChI=1S/C42H54ClF3N8O8/c43-33-26-28(25-32(36(33)47)42(44,45)46)27-35(62-41(59)53-12-8-31(9-13-53)54-14-5-29-3-1-2-4-34(29)48-40(54)58)37(55)51-10-6-30(7-11-51)50-15-17-52(18-16-50)38(56)39(57)61-24-21-49-19-22-60-23-20-49/h1-4,25-26,30-31,35H,5-24,27,47H2,(H,48,58)/t35-/m1/s1. The van der Waals surface area contributed by atoms with Crippen molar-refractivity contribution in [2.45, 2.75) is 62.9 Å². The Morgan fingerprint density at radius 2 is 1.52 bits per heavy atom. The zero-order chi connectivity index (χ0) is 44.0. The highest BCUT2D eigenvalue weighted by Gasteiger charge is 2.39. The Labute approximate surface area is 363 Å². The third-order valence-electron chi connectivity index (χ3n) is 12.6. The number of halogens is 4. The van der Waals surface area contributed by atoms with E-state index < -0.39 is 47.4 Å². The third-order valence-corrected chi connectivity index (χ3v) is 12.9. The number of nitrogens with one attached hydrogen (secondary N) is 1. The number of alkyl halides is 3. The van der Waals surface area contributed by atoms with Crippen LogP contribution in [-0.4, -0.2) is 176 Å². The molecule has 4 fully saturated rings. The zero-order valence-corrected chi connectivity index (χ0v) is 35.3. The van der Waals surface area contributed by atoms with Crippen molar-refractivity contribution in [1.82, 2.24) is 29.4 Å². The van der Waals surface area contributed by atoms with Crippen LogP contribution in [0.1, 0.15) is 42.4 Å². The first-order valence-electron chi connectivity index (χ1n) is 21.3. The topological polar surface area (TPSA) is 171 Å². The van der Waals surface area contributed by atoms with E-state index >= 15 is 0 Å². The number of ether oxygens (including phenoxy) is 3. The number of benzene rings is 2. The highest BCUT2D eigenvalue weighted by atomic mass is 35.5. The minimum Gasteiger partial charge on any atom is -0.457 e. The van der Waals surface area contributed by atoms with E-state index in [4.69, 9.17) is 31.5 Å². The Bertz CT molecular complexity index is 1950. The highest BCUT2D eigenvalue weighted by molar-refractivity contribution is 6.33. The molecule has 0 aromatic heterocycles. The van der Waals surface area contributed by atoms with Crippen molar-refractivity contribution in [2.24, 2.45) is 0 Å². The Balaban J connectivity index is 0.934. The number of nitrogens with zero attached hydrogens (tertiary/aromatic N) is 6. The smallest absolute Gasteiger partial charge is 0.418 e. The molecular formula is C42H54ClF3N8O8. The molecule has 0 saturated carbocycles. The van der Waals surface area contributed by atoms with Crippen LogP contribution in [0.5, 0.6) is 0 Å². The number of anilines is 2. The maximum atomic E-state index is 14.2. The van der Waals surface area contributed by atoms with Gasteiger partial charge >= 0.3 is 30.2 Å². The van der Waals surface area contributed by atoms with E-state index in [1.165, 1.54) is 15.9 Å². The molecule has 5 aliphatic rings. The Hall–Kier alpha value is -4.85. The van der Waals surface area contributed by atoms with Gasteiger partial charge in [-0.3, -0.25) is 19.4 Å². The number of morpholine rings is 1. The number of likely N-dealkylation sites (tertiary alicyclic amines) is 2. The molecule has 0 spiro atoms. The lowest BCUT2D eigenvalue weighted by molar-refractivity contribution is -0.161. The van der Waals surface area contributed by atoms with Crippen molar-refractivity contribution >= 4 is 52.9 Å². The van der Waals surface area contributed by atoms with Crippen LogP contribution in [-0.2, 0) is 47.6 Å². The van der Waals surface area contributed by atoms with E-state index in [9.17, 15) is 37.1 Å². The summed E-state index contributed by atoms with van der Waals surface area (Å²) in [5, 5.41) is 2.64. The van der Waals surface area contributed by atoms with Gasteiger partial charge in [0.1, 0.15) is 6.61 Å². The monoisotopic (exact) mass is 890 g/mol. The molecule has 2 aromatic carbocycles. The first kappa shape index (κ1) is 45.2. The molecule has 5 amide bonds. The van der Waals surface area contributed by atoms with Crippen LogP contribution in [0.25, 0.3) is 0 Å². The number of hydrogen-bond acceptors (Lipinski definition) is 11. The molecule has 0 radical (unpaired) electrons. The number of nitrogens with two attached hydrogens (primary N) is 1. The number of carbonyl (C=O) groups is 5. The molecular weight excluding hydrogens is 837 g/mol. The molecule has 0 aliphatic carbocycles. The molecule has 62 heavy (non-hydrogen) atoms. The van der Waals surface area contributed by atoms with Gasteiger partial charge < -0.3 is 44.9 Å². The van der Waals surface area contributed by atoms with Gasteiger partial charge in [-0.25, -0.2) is 14.4 Å². The van der Waals surface area contributed by atoms with Crippen LogP contribution in [0.4, 0.5) is 34.1 Å². The summed E-state index contributed by atoms with van der Waals surface area (Å²) in [5.74, 6) is -2.09.